The number of nitrogens with zero attached hydrogens (tertiary/aromatic N) is 3. The zero-order valence-corrected chi connectivity index (χ0v) is 20.8. The second-order valence-corrected chi connectivity index (χ2v) is 12.5. The zero-order valence-electron chi connectivity index (χ0n) is 19.2. The fourth-order valence-corrected chi connectivity index (χ4v) is 7.67. The van der Waals surface area contributed by atoms with Crippen LogP contribution in [0.3, 0.4) is 0 Å². The highest BCUT2D eigenvalue weighted by atomic mass is 32.2. The van der Waals surface area contributed by atoms with Crippen LogP contribution in [0.2, 0.25) is 0 Å². The number of fused-ring (bicyclic) bond motifs is 1. The second-order valence-electron chi connectivity index (χ2n) is 9.33. The Bertz CT molecular complexity index is 1280. The zero-order chi connectivity index (χ0) is 23.5. The van der Waals surface area contributed by atoms with Crippen LogP contribution in [-0.2, 0) is 21.1 Å². The number of hydrogen-bond acceptors (Lipinski definition) is 6. The molecule has 1 saturated carbocycles. The lowest BCUT2D eigenvalue weighted by Gasteiger charge is -2.25. The van der Waals surface area contributed by atoms with Crippen molar-refractivity contribution in [3.05, 3.63) is 53.9 Å². The molecule has 1 N–H and O–H groups in total. The number of aromatic nitrogens is 3. The Kier molecular flexibility index (Phi) is 6.92. The molecule has 3 aromatic rings. The Morgan fingerprint density at radius 1 is 1.03 bits per heavy atom. The van der Waals surface area contributed by atoms with Crippen LogP contribution >= 0.6 is 11.8 Å². The molecule has 0 bridgehead atoms. The number of sulfone groups is 1. The van der Waals surface area contributed by atoms with E-state index in [9.17, 15) is 13.2 Å². The second kappa shape index (κ2) is 10.1. The average molecular weight is 499 g/mol. The smallest absolute Gasteiger partial charge is 0.230 e. The van der Waals surface area contributed by atoms with Crippen molar-refractivity contribution in [1.29, 1.82) is 0 Å². The van der Waals surface area contributed by atoms with Gasteiger partial charge >= 0.3 is 0 Å². The lowest BCUT2D eigenvalue weighted by atomic mass is 9.95. The van der Waals surface area contributed by atoms with Crippen molar-refractivity contribution in [3.8, 4) is 0 Å². The van der Waals surface area contributed by atoms with Crippen LogP contribution in [0.4, 0.5) is 0 Å². The first-order chi connectivity index (χ1) is 16.5. The highest BCUT2D eigenvalue weighted by Crippen LogP contribution is 2.34. The summed E-state index contributed by atoms with van der Waals surface area (Å²) in [5, 5.41) is 15.2. The van der Waals surface area contributed by atoms with E-state index >= 15 is 0 Å². The van der Waals surface area contributed by atoms with Gasteiger partial charge in [-0.25, -0.2) is 8.42 Å². The molecule has 34 heavy (non-hydrogen) atoms. The van der Waals surface area contributed by atoms with Gasteiger partial charge < -0.3 is 9.88 Å². The first-order valence-corrected chi connectivity index (χ1v) is 14.8. The monoisotopic (exact) mass is 498 g/mol. The first kappa shape index (κ1) is 23.4. The molecule has 7 nitrogen and oxygen atoms in total. The molecule has 1 atom stereocenters. The molecule has 0 spiro atoms. The van der Waals surface area contributed by atoms with Crippen molar-refractivity contribution >= 4 is 38.3 Å². The van der Waals surface area contributed by atoms with Crippen molar-refractivity contribution in [2.75, 3.05) is 17.3 Å². The molecule has 2 heterocycles. The lowest BCUT2D eigenvalue weighted by Crippen LogP contribution is -2.36. The summed E-state index contributed by atoms with van der Waals surface area (Å²) in [4.78, 5) is 12.5. The maximum Gasteiger partial charge on any atom is 0.230 e. The van der Waals surface area contributed by atoms with Crippen LogP contribution < -0.4 is 5.32 Å². The Morgan fingerprint density at radius 3 is 2.62 bits per heavy atom. The van der Waals surface area contributed by atoms with E-state index in [-0.39, 0.29) is 29.2 Å². The standard InChI is InChI=1S/C25H30N4O3S2/c30-24(26-20-13-14-34(31,32)17-20)16-33-25-28-27-23(29(25)21-10-2-1-3-11-21)15-19-9-6-8-18-7-4-5-12-22(18)19/h4-9,12,20-21H,1-3,10-11,13-17H2,(H,26,30)/t20-/m1/s1. The SMILES string of the molecule is O=C(CSc1nnc(Cc2cccc3ccccc23)n1C1CCCCC1)N[C@@H]1CCS(=O)(=O)C1. The number of hydrogen-bond donors (Lipinski definition) is 1. The van der Waals surface area contributed by atoms with Crippen LogP contribution in [-0.4, -0.2) is 52.4 Å². The van der Waals surface area contributed by atoms with E-state index in [2.05, 4.69) is 62.5 Å². The van der Waals surface area contributed by atoms with Crippen LogP contribution in [0.15, 0.2) is 47.6 Å². The van der Waals surface area contributed by atoms with Gasteiger partial charge in [0.05, 0.1) is 17.3 Å². The summed E-state index contributed by atoms with van der Waals surface area (Å²) in [6.07, 6.45) is 7.02. The van der Waals surface area contributed by atoms with Crippen molar-refractivity contribution in [3.63, 3.8) is 0 Å². The number of amides is 1. The minimum absolute atomic E-state index is 0.0385. The van der Waals surface area contributed by atoms with Crippen LogP contribution in [0, 0.1) is 0 Å². The molecule has 180 valence electrons. The molecule has 0 unspecified atom stereocenters. The van der Waals surface area contributed by atoms with Crippen molar-refractivity contribution in [2.24, 2.45) is 0 Å². The minimum atomic E-state index is -3.02. The van der Waals surface area contributed by atoms with Gasteiger partial charge in [0, 0.05) is 18.5 Å². The predicted molar refractivity (Wildman–Crippen MR) is 135 cm³/mol. The molecule has 9 heteroatoms. The topological polar surface area (TPSA) is 93.9 Å². The maximum absolute atomic E-state index is 12.5. The Labute approximate surface area is 204 Å². The van der Waals surface area contributed by atoms with Gasteiger partial charge in [-0.2, -0.15) is 0 Å². The molecule has 1 aromatic heterocycles. The number of carbonyl (C=O) groups is 1. The fraction of sp³-hybridized carbons (Fsp3) is 0.480. The molecule has 5 rings (SSSR count). The fourth-order valence-electron chi connectivity index (χ4n) is 5.16. The molecule has 1 amide bonds. The quantitative estimate of drug-likeness (QED) is 0.496. The van der Waals surface area contributed by atoms with Crippen LogP contribution in [0.25, 0.3) is 10.8 Å². The summed E-state index contributed by atoms with van der Waals surface area (Å²) in [6.45, 7) is 0. The Morgan fingerprint density at radius 2 is 1.82 bits per heavy atom. The van der Waals surface area contributed by atoms with Gasteiger partial charge in [-0.3, -0.25) is 4.79 Å². The van der Waals surface area contributed by atoms with Gasteiger partial charge in [0.2, 0.25) is 5.91 Å². The Hall–Kier alpha value is -2.39. The third kappa shape index (κ3) is 5.30. The van der Waals surface area contributed by atoms with E-state index in [1.165, 1.54) is 47.4 Å². The van der Waals surface area contributed by atoms with E-state index in [0.29, 0.717) is 18.9 Å². The van der Waals surface area contributed by atoms with Gasteiger partial charge in [-0.05, 0) is 35.6 Å². The van der Waals surface area contributed by atoms with Crippen molar-refractivity contribution in [2.45, 2.75) is 62.2 Å². The third-order valence-corrected chi connectivity index (χ3v) is 9.54. The molecule has 2 aliphatic rings. The minimum Gasteiger partial charge on any atom is -0.352 e. The van der Waals surface area contributed by atoms with E-state index < -0.39 is 9.84 Å². The third-order valence-electron chi connectivity index (χ3n) is 6.83. The molecule has 1 aliphatic heterocycles. The Balaban J connectivity index is 1.34. The molecule has 1 aliphatic carbocycles. The highest BCUT2D eigenvalue weighted by Gasteiger charge is 2.29. The van der Waals surface area contributed by atoms with Gasteiger partial charge in [-0.15, -0.1) is 10.2 Å². The number of carbonyl (C=O) groups excluding carboxylic acids is 1. The summed E-state index contributed by atoms with van der Waals surface area (Å²) in [7, 11) is -3.02. The largest absolute Gasteiger partial charge is 0.352 e. The van der Waals surface area contributed by atoms with Gasteiger partial charge in [0.15, 0.2) is 15.0 Å². The summed E-state index contributed by atoms with van der Waals surface area (Å²) >= 11 is 1.39. The van der Waals surface area contributed by atoms with E-state index in [4.69, 9.17) is 0 Å². The number of thioether (sulfide) groups is 1. The van der Waals surface area contributed by atoms with Crippen LogP contribution in [0.1, 0.15) is 56.0 Å². The number of benzene rings is 2. The van der Waals surface area contributed by atoms with Gasteiger partial charge in [0.1, 0.15) is 5.82 Å². The number of rotatable bonds is 7. The summed E-state index contributed by atoms with van der Waals surface area (Å²) in [5.41, 5.74) is 1.22. The summed E-state index contributed by atoms with van der Waals surface area (Å²) in [6, 6.07) is 14.8. The normalized spacial score (nSPS) is 20.5. The molecule has 2 fully saturated rings. The molecular formula is C25H30N4O3S2. The molecule has 2 aromatic carbocycles. The molecule has 1 saturated heterocycles. The van der Waals surface area contributed by atoms with E-state index in [1.807, 2.05) is 0 Å². The summed E-state index contributed by atoms with van der Waals surface area (Å²) in [5.74, 6) is 1.18. The molecule has 0 radical (unpaired) electrons. The lowest BCUT2D eigenvalue weighted by molar-refractivity contribution is -0.119. The van der Waals surface area contributed by atoms with Crippen molar-refractivity contribution in [1.82, 2.24) is 20.1 Å². The van der Waals surface area contributed by atoms with E-state index in [0.717, 1.165) is 23.8 Å². The van der Waals surface area contributed by atoms with Crippen molar-refractivity contribution < 1.29 is 13.2 Å². The highest BCUT2D eigenvalue weighted by molar-refractivity contribution is 7.99. The van der Waals surface area contributed by atoms with Gasteiger partial charge in [-0.1, -0.05) is 73.5 Å². The maximum atomic E-state index is 12.5. The van der Waals surface area contributed by atoms with E-state index in [1.54, 1.807) is 0 Å². The average Bonchev–Trinajstić information content (AvgIpc) is 3.40. The first-order valence-electron chi connectivity index (χ1n) is 12.0. The summed E-state index contributed by atoms with van der Waals surface area (Å²) < 4.78 is 25.6. The number of nitrogens with one attached hydrogen (secondary N) is 1. The van der Waals surface area contributed by atoms with Crippen LogP contribution in [0.5, 0.6) is 0 Å². The predicted octanol–water partition coefficient (Wildman–Crippen LogP) is 3.92. The van der Waals surface area contributed by atoms with Gasteiger partial charge in [0.25, 0.3) is 0 Å². The molecular weight excluding hydrogens is 468 g/mol.